The third kappa shape index (κ3) is 4.07. The normalized spacial score (nSPS) is 16.1. The van der Waals surface area contributed by atoms with Gasteiger partial charge in [0.15, 0.2) is 0 Å². The smallest absolute Gasteiger partial charge is 0.123 e. The molecule has 0 atom stereocenters. The zero-order valence-corrected chi connectivity index (χ0v) is 17.3. The van der Waals surface area contributed by atoms with Gasteiger partial charge in [0.2, 0.25) is 0 Å². The first-order valence-electron chi connectivity index (χ1n) is 10.5. The van der Waals surface area contributed by atoms with Crippen LogP contribution in [0.25, 0.3) is 11.0 Å². The molecule has 28 heavy (non-hydrogen) atoms. The van der Waals surface area contributed by atoms with Crippen molar-refractivity contribution in [2.45, 2.75) is 39.2 Å². The van der Waals surface area contributed by atoms with Gasteiger partial charge in [0.25, 0.3) is 0 Å². The first-order chi connectivity index (χ1) is 13.6. The molecule has 148 valence electrons. The predicted molar refractivity (Wildman–Crippen MR) is 115 cm³/mol. The van der Waals surface area contributed by atoms with Gasteiger partial charge in [-0.3, -0.25) is 4.90 Å². The molecule has 4 heteroatoms. The highest BCUT2D eigenvalue weighted by atomic mass is 16.5. The van der Waals surface area contributed by atoms with E-state index in [2.05, 4.69) is 78.9 Å². The van der Waals surface area contributed by atoms with Gasteiger partial charge in [-0.2, -0.15) is 0 Å². The van der Waals surface area contributed by atoms with E-state index in [1.807, 2.05) is 0 Å². The van der Waals surface area contributed by atoms with Gasteiger partial charge in [-0.05, 0) is 61.5 Å². The van der Waals surface area contributed by atoms with Gasteiger partial charge in [0.05, 0.1) is 24.2 Å². The van der Waals surface area contributed by atoms with Crippen molar-refractivity contribution in [2.24, 2.45) is 13.0 Å². The monoisotopic (exact) mass is 377 g/mol. The Balaban J connectivity index is 1.40. The molecule has 0 aliphatic carbocycles. The van der Waals surface area contributed by atoms with E-state index >= 15 is 0 Å². The van der Waals surface area contributed by atoms with Crippen LogP contribution in [0.4, 0.5) is 0 Å². The highest BCUT2D eigenvalue weighted by Crippen LogP contribution is 2.34. The number of likely N-dealkylation sites (tertiary alicyclic amines) is 1. The van der Waals surface area contributed by atoms with Crippen molar-refractivity contribution in [3.8, 4) is 5.75 Å². The van der Waals surface area contributed by atoms with Gasteiger partial charge >= 0.3 is 0 Å². The fourth-order valence-electron chi connectivity index (χ4n) is 4.14. The van der Waals surface area contributed by atoms with Crippen molar-refractivity contribution in [3.63, 3.8) is 0 Å². The van der Waals surface area contributed by atoms with Crippen LogP contribution >= 0.6 is 0 Å². The summed E-state index contributed by atoms with van der Waals surface area (Å²) in [5, 5.41) is 0. The summed E-state index contributed by atoms with van der Waals surface area (Å²) in [5.41, 5.74) is 3.68. The predicted octanol–water partition coefficient (Wildman–Crippen LogP) is 4.99. The van der Waals surface area contributed by atoms with Gasteiger partial charge in [-0.15, -0.1) is 0 Å². The average Bonchev–Trinajstić information content (AvgIpc) is 3.03. The molecule has 2 aromatic carbocycles. The third-order valence-electron chi connectivity index (χ3n) is 5.76. The van der Waals surface area contributed by atoms with E-state index in [-0.39, 0.29) is 0 Å². The van der Waals surface area contributed by atoms with E-state index in [1.54, 1.807) is 0 Å². The number of nitrogens with zero attached hydrogens (tertiary/aromatic N) is 3. The maximum atomic E-state index is 6.10. The van der Waals surface area contributed by atoms with Crippen LogP contribution < -0.4 is 4.74 Å². The van der Waals surface area contributed by atoms with Crippen LogP contribution in [0.15, 0.2) is 48.5 Å². The molecule has 3 aromatic rings. The number of piperidine rings is 1. The minimum atomic E-state index is 0.545. The number of ether oxygens (including phenoxy) is 1. The van der Waals surface area contributed by atoms with Gasteiger partial charge in [0.1, 0.15) is 11.6 Å². The summed E-state index contributed by atoms with van der Waals surface area (Å²) in [6, 6.07) is 17.0. The van der Waals surface area contributed by atoms with Crippen LogP contribution in [0, 0.1) is 5.92 Å². The SMILES string of the molecule is CC(C)COc1ccccc1C1CCN(Cc2nc3ccccc3n2C)CC1. The van der Waals surface area contributed by atoms with Crippen molar-refractivity contribution in [3.05, 3.63) is 59.9 Å². The molecule has 0 radical (unpaired) electrons. The number of hydrogen-bond donors (Lipinski definition) is 0. The Morgan fingerprint density at radius 2 is 1.75 bits per heavy atom. The summed E-state index contributed by atoms with van der Waals surface area (Å²) in [6.45, 7) is 8.30. The molecular weight excluding hydrogens is 346 g/mol. The Labute approximate surface area is 168 Å². The second-order valence-corrected chi connectivity index (χ2v) is 8.37. The summed E-state index contributed by atoms with van der Waals surface area (Å²) in [6.07, 6.45) is 2.35. The summed E-state index contributed by atoms with van der Waals surface area (Å²) in [4.78, 5) is 7.38. The molecule has 1 aliphatic heterocycles. The van der Waals surface area contributed by atoms with Crippen molar-refractivity contribution in [2.75, 3.05) is 19.7 Å². The standard InChI is InChI=1S/C24H31N3O/c1-18(2)17-28-23-11-7-4-8-20(23)19-12-14-27(15-13-19)16-24-25-21-9-5-6-10-22(21)26(24)3/h4-11,18-19H,12-17H2,1-3H3. The minimum Gasteiger partial charge on any atom is -0.493 e. The largest absolute Gasteiger partial charge is 0.493 e. The molecule has 0 amide bonds. The molecule has 1 aliphatic rings. The Morgan fingerprint density at radius 3 is 2.50 bits per heavy atom. The second kappa shape index (κ2) is 8.36. The Morgan fingerprint density at radius 1 is 1.04 bits per heavy atom. The number of benzene rings is 2. The fraction of sp³-hybridized carbons (Fsp3) is 0.458. The molecule has 2 heterocycles. The van der Waals surface area contributed by atoms with E-state index < -0.39 is 0 Å². The van der Waals surface area contributed by atoms with Gasteiger partial charge in [0, 0.05) is 7.05 Å². The van der Waals surface area contributed by atoms with E-state index in [9.17, 15) is 0 Å². The second-order valence-electron chi connectivity index (χ2n) is 8.37. The highest BCUT2D eigenvalue weighted by molar-refractivity contribution is 5.75. The average molecular weight is 378 g/mol. The number of aryl methyl sites for hydroxylation is 1. The molecule has 1 saturated heterocycles. The molecule has 0 bridgehead atoms. The quantitative estimate of drug-likeness (QED) is 0.606. The molecule has 1 aromatic heterocycles. The lowest BCUT2D eigenvalue weighted by atomic mass is 9.89. The molecule has 0 N–H and O–H groups in total. The molecule has 0 unspecified atom stereocenters. The molecular formula is C24H31N3O. The molecule has 1 fully saturated rings. The van der Waals surface area contributed by atoms with E-state index in [0.29, 0.717) is 11.8 Å². The Bertz CT molecular complexity index is 922. The van der Waals surface area contributed by atoms with Gasteiger partial charge in [-0.1, -0.05) is 44.2 Å². The van der Waals surface area contributed by atoms with Crippen molar-refractivity contribution in [1.29, 1.82) is 0 Å². The van der Waals surface area contributed by atoms with Crippen LogP contribution in [-0.2, 0) is 13.6 Å². The van der Waals surface area contributed by atoms with Gasteiger partial charge < -0.3 is 9.30 Å². The summed E-state index contributed by atoms with van der Waals surface area (Å²) in [7, 11) is 2.12. The van der Waals surface area contributed by atoms with Crippen molar-refractivity contribution >= 4 is 11.0 Å². The van der Waals surface area contributed by atoms with Crippen molar-refractivity contribution in [1.82, 2.24) is 14.5 Å². The first-order valence-corrected chi connectivity index (χ1v) is 10.5. The number of para-hydroxylation sites is 3. The van der Waals surface area contributed by atoms with Crippen molar-refractivity contribution < 1.29 is 4.74 Å². The van der Waals surface area contributed by atoms with E-state index in [1.165, 1.54) is 23.9 Å². The highest BCUT2D eigenvalue weighted by Gasteiger charge is 2.24. The number of fused-ring (bicyclic) bond motifs is 1. The lowest BCUT2D eigenvalue weighted by molar-refractivity contribution is 0.195. The number of imidazole rings is 1. The van der Waals surface area contributed by atoms with E-state index in [4.69, 9.17) is 9.72 Å². The number of hydrogen-bond acceptors (Lipinski definition) is 3. The zero-order chi connectivity index (χ0) is 19.5. The summed E-state index contributed by atoms with van der Waals surface area (Å²) in [5.74, 6) is 3.36. The van der Waals surface area contributed by atoms with Crippen LogP contribution in [0.1, 0.15) is 44.0 Å². The fourth-order valence-corrected chi connectivity index (χ4v) is 4.14. The summed E-state index contributed by atoms with van der Waals surface area (Å²) < 4.78 is 8.33. The van der Waals surface area contributed by atoms with Crippen LogP contribution in [-0.4, -0.2) is 34.1 Å². The molecule has 4 rings (SSSR count). The Hall–Kier alpha value is -2.33. The maximum absolute atomic E-state index is 6.10. The van der Waals surface area contributed by atoms with Crippen LogP contribution in [0.3, 0.4) is 0 Å². The zero-order valence-electron chi connectivity index (χ0n) is 17.3. The third-order valence-corrected chi connectivity index (χ3v) is 5.76. The van der Waals surface area contributed by atoms with Crippen LogP contribution in [0.2, 0.25) is 0 Å². The maximum Gasteiger partial charge on any atom is 0.123 e. The number of aromatic nitrogens is 2. The molecule has 4 nitrogen and oxygen atoms in total. The van der Waals surface area contributed by atoms with Gasteiger partial charge in [-0.25, -0.2) is 4.98 Å². The number of rotatable bonds is 6. The first kappa shape index (κ1) is 19.0. The Kier molecular flexibility index (Phi) is 5.67. The summed E-state index contributed by atoms with van der Waals surface area (Å²) >= 11 is 0. The van der Waals surface area contributed by atoms with E-state index in [0.717, 1.165) is 43.3 Å². The molecule has 0 saturated carbocycles. The van der Waals surface area contributed by atoms with Crippen LogP contribution in [0.5, 0.6) is 5.75 Å². The minimum absolute atomic E-state index is 0.545. The lowest BCUT2D eigenvalue weighted by Gasteiger charge is -2.32. The molecule has 0 spiro atoms. The topological polar surface area (TPSA) is 30.3 Å². The lowest BCUT2D eigenvalue weighted by Crippen LogP contribution is -2.33.